The molecule has 0 bridgehead atoms. The summed E-state index contributed by atoms with van der Waals surface area (Å²) in [7, 11) is 0. The first-order valence-corrected chi connectivity index (χ1v) is 8.49. The molecule has 1 saturated carbocycles. The molecule has 2 heteroatoms. The Morgan fingerprint density at radius 2 is 1.95 bits per heavy atom. The smallest absolute Gasteiger partial charge is 0.331 e. The van der Waals surface area contributed by atoms with Gasteiger partial charge in [-0.1, -0.05) is 52.2 Å². The van der Waals surface area contributed by atoms with Gasteiger partial charge in [0.1, 0.15) is 0 Å². The summed E-state index contributed by atoms with van der Waals surface area (Å²) in [6.07, 6.45) is 13.2. The van der Waals surface area contributed by atoms with E-state index < -0.39 is 0 Å². The molecule has 0 aromatic heterocycles. The lowest BCUT2D eigenvalue weighted by Gasteiger charge is -2.09. The summed E-state index contributed by atoms with van der Waals surface area (Å²) in [6, 6.07) is 0. The first-order valence-electron chi connectivity index (χ1n) is 8.49. The van der Waals surface area contributed by atoms with Crippen LogP contribution in [0.5, 0.6) is 0 Å². The molecule has 0 heterocycles. The van der Waals surface area contributed by atoms with Crippen molar-refractivity contribution in [3.05, 3.63) is 23.8 Å². The summed E-state index contributed by atoms with van der Waals surface area (Å²) in [4.78, 5) is 11.6. The lowest BCUT2D eigenvalue weighted by atomic mass is 9.97. The molecule has 120 valence electrons. The van der Waals surface area contributed by atoms with Crippen molar-refractivity contribution in [3.63, 3.8) is 0 Å². The highest BCUT2D eigenvalue weighted by Gasteiger charge is 2.22. The molecule has 0 aromatic carbocycles. The van der Waals surface area contributed by atoms with E-state index in [1.165, 1.54) is 32.1 Å². The van der Waals surface area contributed by atoms with E-state index in [4.69, 9.17) is 4.74 Å². The van der Waals surface area contributed by atoms with Crippen LogP contribution >= 0.6 is 0 Å². The summed E-state index contributed by atoms with van der Waals surface area (Å²) in [5.74, 6) is 1.95. The number of ether oxygens (including phenoxy) is 1. The van der Waals surface area contributed by atoms with Gasteiger partial charge in [-0.15, -0.1) is 0 Å². The van der Waals surface area contributed by atoms with Gasteiger partial charge in [0.25, 0.3) is 0 Å². The summed E-state index contributed by atoms with van der Waals surface area (Å²) in [5, 5.41) is 0. The fraction of sp³-hybridized carbons (Fsp3) is 0.737. The van der Waals surface area contributed by atoms with Gasteiger partial charge in [0, 0.05) is 6.08 Å². The number of esters is 1. The van der Waals surface area contributed by atoms with E-state index in [-0.39, 0.29) is 5.97 Å². The second-order valence-electron chi connectivity index (χ2n) is 7.03. The molecule has 0 saturated heterocycles. The lowest BCUT2D eigenvalue weighted by Crippen LogP contribution is -2.04. The average molecular weight is 292 g/mol. The molecule has 1 aliphatic rings. The van der Waals surface area contributed by atoms with Crippen LogP contribution in [0.15, 0.2) is 23.8 Å². The fourth-order valence-electron chi connectivity index (χ4n) is 2.24. The molecule has 0 N–H and O–H groups in total. The highest BCUT2D eigenvalue weighted by molar-refractivity contribution is 5.83. The van der Waals surface area contributed by atoms with Crippen molar-refractivity contribution in [2.75, 3.05) is 6.61 Å². The molecule has 0 aromatic rings. The maximum absolute atomic E-state index is 11.6. The van der Waals surface area contributed by atoms with Crippen LogP contribution in [0.25, 0.3) is 0 Å². The molecule has 1 atom stereocenters. The van der Waals surface area contributed by atoms with Crippen molar-refractivity contribution >= 4 is 5.97 Å². The largest absolute Gasteiger partial charge is 0.462 e. The van der Waals surface area contributed by atoms with Crippen LogP contribution < -0.4 is 0 Å². The predicted octanol–water partition coefficient (Wildman–Crippen LogP) is 5.29. The average Bonchev–Trinajstić information content (AvgIpc) is 3.19. The number of allylic oxidation sites excluding steroid dienone is 3. The van der Waals surface area contributed by atoms with Gasteiger partial charge >= 0.3 is 5.97 Å². The van der Waals surface area contributed by atoms with E-state index in [9.17, 15) is 4.79 Å². The molecule has 2 nitrogen and oxygen atoms in total. The van der Waals surface area contributed by atoms with Crippen LogP contribution in [0.3, 0.4) is 0 Å². The molecule has 0 radical (unpaired) electrons. The van der Waals surface area contributed by atoms with Crippen LogP contribution in [0.2, 0.25) is 0 Å². The SMILES string of the molecule is CC(C=CCC(C)CCCC(C)C)=CC(=O)OCC1CC1. The van der Waals surface area contributed by atoms with Gasteiger partial charge in [-0.2, -0.15) is 0 Å². The number of carbonyl (C=O) groups excluding carboxylic acids is 1. The van der Waals surface area contributed by atoms with Gasteiger partial charge in [0.15, 0.2) is 0 Å². The van der Waals surface area contributed by atoms with Crippen LogP contribution in [0.1, 0.15) is 66.2 Å². The molecule has 0 spiro atoms. The van der Waals surface area contributed by atoms with E-state index in [2.05, 4.69) is 26.8 Å². The van der Waals surface area contributed by atoms with Crippen molar-refractivity contribution in [2.45, 2.75) is 66.2 Å². The lowest BCUT2D eigenvalue weighted by molar-refractivity contribution is -0.138. The number of rotatable bonds is 10. The van der Waals surface area contributed by atoms with Crippen LogP contribution in [-0.4, -0.2) is 12.6 Å². The maximum atomic E-state index is 11.6. The zero-order chi connectivity index (χ0) is 15.7. The third-order valence-corrected chi connectivity index (χ3v) is 3.90. The summed E-state index contributed by atoms with van der Waals surface area (Å²) in [6.45, 7) is 9.41. The van der Waals surface area contributed by atoms with Crippen molar-refractivity contribution in [1.29, 1.82) is 0 Å². The van der Waals surface area contributed by atoms with Gasteiger partial charge in [-0.25, -0.2) is 4.79 Å². The van der Waals surface area contributed by atoms with Gasteiger partial charge < -0.3 is 4.74 Å². The molecular formula is C19H32O2. The second-order valence-corrected chi connectivity index (χ2v) is 7.03. The van der Waals surface area contributed by atoms with Gasteiger partial charge in [-0.3, -0.25) is 0 Å². The maximum Gasteiger partial charge on any atom is 0.331 e. The summed E-state index contributed by atoms with van der Waals surface area (Å²) < 4.78 is 5.19. The summed E-state index contributed by atoms with van der Waals surface area (Å²) in [5.41, 5.74) is 0.977. The Hall–Kier alpha value is -1.05. The Labute approximate surface area is 130 Å². The quantitative estimate of drug-likeness (QED) is 0.310. The Bertz CT molecular complexity index is 362. The van der Waals surface area contributed by atoms with Gasteiger partial charge in [0.2, 0.25) is 0 Å². The zero-order valence-corrected chi connectivity index (χ0v) is 14.2. The third kappa shape index (κ3) is 10.3. The topological polar surface area (TPSA) is 26.3 Å². The third-order valence-electron chi connectivity index (χ3n) is 3.90. The molecule has 0 amide bonds. The predicted molar refractivity (Wildman–Crippen MR) is 89.1 cm³/mol. The van der Waals surface area contributed by atoms with Crippen LogP contribution in [0.4, 0.5) is 0 Å². The molecule has 21 heavy (non-hydrogen) atoms. The van der Waals surface area contributed by atoms with Crippen LogP contribution in [0, 0.1) is 17.8 Å². The van der Waals surface area contributed by atoms with Gasteiger partial charge in [-0.05, 0) is 49.5 Å². The van der Waals surface area contributed by atoms with Crippen LogP contribution in [-0.2, 0) is 9.53 Å². The second kappa shape index (κ2) is 9.81. The number of hydrogen-bond acceptors (Lipinski definition) is 2. The van der Waals surface area contributed by atoms with Gasteiger partial charge in [0.05, 0.1) is 6.61 Å². The molecular weight excluding hydrogens is 260 g/mol. The zero-order valence-electron chi connectivity index (χ0n) is 14.2. The minimum Gasteiger partial charge on any atom is -0.462 e. The highest BCUT2D eigenvalue weighted by Crippen LogP contribution is 2.28. The standard InChI is InChI=1S/C19H32O2/c1-15(2)7-5-8-16(3)9-6-10-17(4)13-19(20)21-14-18-11-12-18/h6,10,13,15-16,18H,5,7-9,11-12,14H2,1-4H3. The van der Waals surface area contributed by atoms with E-state index in [0.29, 0.717) is 12.5 Å². The minimum atomic E-state index is -0.200. The van der Waals surface area contributed by atoms with E-state index in [0.717, 1.165) is 23.8 Å². The minimum absolute atomic E-state index is 0.200. The molecule has 1 unspecified atom stereocenters. The normalized spacial score (nSPS) is 17.5. The summed E-state index contributed by atoms with van der Waals surface area (Å²) >= 11 is 0. The first kappa shape index (κ1) is 18.0. The monoisotopic (exact) mass is 292 g/mol. The number of carbonyl (C=O) groups is 1. The van der Waals surface area contributed by atoms with E-state index in [1.54, 1.807) is 6.08 Å². The Balaban J connectivity index is 2.15. The molecule has 1 aliphatic carbocycles. The van der Waals surface area contributed by atoms with Crippen molar-refractivity contribution < 1.29 is 9.53 Å². The molecule has 0 aliphatic heterocycles. The first-order chi connectivity index (χ1) is 9.97. The van der Waals surface area contributed by atoms with E-state index in [1.807, 2.05) is 13.0 Å². The fourth-order valence-corrected chi connectivity index (χ4v) is 2.24. The Kier molecular flexibility index (Phi) is 8.41. The Morgan fingerprint density at radius 1 is 1.24 bits per heavy atom. The molecule has 1 fully saturated rings. The Morgan fingerprint density at radius 3 is 2.57 bits per heavy atom. The van der Waals surface area contributed by atoms with E-state index >= 15 is 0 Å². The van der Waals surface area contributed by atoms with Crippen molar-refractivity contribution in [2.24, 2.45) is 17.8 Å². The van der Waals surface area contributed by atoms with Crippen molar-refractivity contribution in [3.8, 4) is 0 Å². The molecule has 1 rings (SSSR count). The van der Waals surface area contributed by atoms with Crippen molar-refractivity contribution in [1.82, 2.24) is 0 Å². The highest BCUT2D eigenvalue weighted by atomic mass is 16.5. The number of hydrogen-bond donors (Lipinski definition) is 0.